The highest BCUT2D eigenvalue weighted by atomic mass is 19.1. The molecule has 0 fully saturated rings. The van der Waals surface area contributed by atoms with E-state index in [1.807, 2.05) is 0 Å². The molecule has 0 aliphatic carbocycles. The van der Waals surface area contributed by atoms with Gasteiger partial charge < -0.3 is 9.47 Å². The lowest BCUT2D eigenvalue weighted by Gasteiger charge is -2.34. The summed E-state index contributed by atoms with van der Waals surface area (Å²) in [6, 6.07) is 3.78. The van der Waals surface area contributed by atoms with Crippen LogP contribution in [-0.2, 0) is 9.53 Å². The van der Waals surface area contributed by atoms with Crippen molar-refractivity contribution < 1.29 is 23.5 Å². The van der Waals surface area contributed by atoms with Crippen molar-refractivity contribution in [1.29, 1.82) is 0 Å². The van der Waals surface area contributed by atoms with Crippen LogP contribution in [0.25, 0.3) is 0 Å². The summed E-state index contributed by atoms with van der Waals surface area (Å²) in [5, 5.41) is 0. The van der Waals surface area contributed by atoms with Gasteiger partial charge in [-0.25, -0.2) is 4.39 Å². The average molecular weight is 266 g/mol. The quantitative estimate of drug-likeness (QED) is 0.771. The molecule has 102 valence electrons. The van der Waals surface area contributed by atoms with E-state index < -0.39 is 23.3 Å². The first-order chi connectivity index (χ1) is 8.86. The first kappa shape index (κ1) is 13.5. The molecule has 0 aromatic heterocycles. The zero-order valence-electron chi connectivity index (χ0n) is 11.0. The van der Waals surface area contributed by atoms with Gasteiger partial charge in [0.1, 0.15) is 17.7 Å². The fraction of sp³-hybridized carbons (Fsp3) is 0.429. The minimum absolute atomic E-state index is 0.0263. The van der Waals surface area contributed by atoms with E-state index in [0.29, 0.717) is 5.75 Å². The summed E-state index contributed by atoms with van der Waals surface area (Å²) in [4.78, 5) is 23.7. The van der Waals surface area contributed by atoms with Crippen molar-refractivity contribution in [2.75, 3.05) is 7.11 Å². The Morgan fingerprint density at radius 2 is 2.16 bits per heavy atom. The van der Waals surface area contributed by atoms with Crippen LogP contribution in [0.5, 0.6) is 5.75 Å². The second-order valence-electron chi connectivity index (χ2n) is 5.09. The molecule has 1 heterocycles. The number of Topliss-reactive ketones (excluding diaryl/α,β-unsaturated/α-hetero) is 1. The lowest BCUT2D eigenvalue weighted by atomic mass is 9.81. The Morgan fingerprint density at radius 1 is 1.47 bits per heavy atom. The van der Waals surface area contributed by atoms with Crippen molar-refractivity contribution in [1.82, 2.24) is 0 Å². The highest BCUT2D eigenvalue weighted by molar-refractivity contribution is 6.00. The summed E-state index contributed by atoms with van der Waals surface area (Å²) in [6.07, 6.45) is -0.594. The van der Waals surface area contributed by atoms with E-state index in [1.165, 1.54) is 19.2 Å². The van der Waals surface area contributed by atoms with Gasteiger partial charge in [-0.2, -0.15) is 0 Å². The van der Waals surface area contributed by atoms with E-state index in [9.17, 15) is 14.0 Å². The van der Waals surface area contributed by atoms with Crippen molar-refractivity contribution in [2.24, 2.45) is 5.41 Å². The van der Waals surface area contributed by atoms with Gasteiger partial charge in [-0.3, -0.25) is 9.59 Å². The summed E-state index contributed by atoms with van der Waals surface area (Å²) in [5.41, 5.74) is -0.729. The molecule has 0 saturated heterocycles. The summed E-state index contributed by atoms with van der Waals surface area (Å²) in [5.74, 6) is -0.861. The Morgan fingerprint density at radius 3 is 2.79 bits per heavy atom. The number of halogens is 1. The van der Waals surface area contributed by atoms with E-state index in [4.69, 9.17) is 9.47 Å². The number of carbonyl (C=O) groups is 2. The maximum Gasteiger partial charge on any atom is 0.315 e. The standard InChI is InChI=1S/C14H15FO4/c1-14(2,13(17)18-3)12-7-10(16)9-6-8(15)4-5-11(9)19-12/h4-6,12H,7H2,1-3H3/t12-/m1/s1. The van der Waals surface area contributed by atoms with Crippen molar-refractivity contribution in [3.63, 3.8) is 0 Å². The SMILES string of the molecule is COC(=O)C(C)(C)[C@H]1CC(=O)c2cc(F)ccc2O1. The van der Waals surface area contributed by atoms with E-state index in [-0.39, 0.29) is 17.8 Å². The molecule has 1 aromatic rings. The second-order valence-corrected chi connectivity index (χ2v) is 5.09. The molecule has 1 aliphatic heterocycles. The maximum atomic E-state index is 13.1. The van der Waals surface area contributed by atoms with Crippen LogP contribution in [0.1, 0.15) is 30.6 Å². The Hall–Kier alpha value is -1.91. The summed E-state index contributed by atoms with van der Waals surface area (Å²) in [7, 11) is 1.29. The number of ketones is 1. The van der Waals surface area contributed by atoms with Crippen LogP contribution < -0.4 is 4.74 Å². The number of benzene rings is 1. The molecule has 0 radical (unpaired) electrons. The van der Waals surface area contributed by atoms with E-state index in [1.54, 1.807) is 13.8 Å². The predicted octanol–water partition coefficient (Wildman–Crippen LogP) is 2.36. The maximum absolute atomic E-state index is 13.1. The molecule has 0 unspecified atom stereocenters. The molecule has 0 saturated carbocycles. The van der Waals surface area contributed by atoms with Gasteiger partial charge >= 0.3 is 5.97 Å². The normalized spacial score (nSPS) is 18.5. The number of esters is 1. The van der Waals surface area contributed by atoms with Gasteiger partial charge in [-0.1, -0.05) is 0 Å². The van der Waals surface area contributed by atoms with Gasteiger partial charge in [0.05, 0.1) is 18.1 Å². The van der Waals surface area contributed by atoms with Crippen LogP contribution in [0, 0.1) is 11.2 Å². The molecular formula is C14H15FO4. The third-order valence-electron chi connectivity index (χ3n) is 3.40. The van der Waals surface area contributed by atoms with Crippen molar-refractivity contribution in [3.8, 4) is 5.75 Å². The fourth-order valence-corrected chi connectivity index (χ4v) is 2.09. The van der Waals surface area contributed by atoms with Crippen LogP contribution in [0.2, 0.25) is 0 Å². The number of hydrogen-bond donors (Lipinski definition) is 0. The van der Waals surface area contributed by atoms with Crippen LogP contribution in [0.4, 0.5) is 4.39 Å². The first-order valence-corrected chi connectivity index (χ1v) is 5.94. The van der Waals surface area contributed by atoms with Crippen molar-refractivity contribution in [3.05, 3.63) is 29.6 Å². The third-order valence-corrected chi connectivity index (χ3v) is 3.40. The van der Waals surface area contributed by atoms with Crippen LogP contribution >= 0.6 is 0 Å². The Balaban J connectivity index is 2.34. The van der Waals surface area contributed by atoms with E-state index in [0.717, 1.165) is 6.07 Å². The topological polar surface area (TPSA) is 52.6 Å². The summed E-state index contributed by atoms with van der Waals surface area (Å²) in [6.45, 7) is 3.32. The zero-order valence-corrected chi connectivity index (χ0v) is 11.0. The monoisotopic (exact) mass is 266 g/mol. The van der Waals surface area contributed by atoms with E-state index in [2.05, 4.69) is 0 Å². The summed E-state index contributed by atoms with van der Waals surface area (Å²) >= 11 is 0. The van der Waals surface area contributed by atoms with Gasteiger partial charge in [0.2, 0.25) is 0 Å². The fourth-order valence-electron chi connectivity index (χ4n) is 2.09. The van der Waals surface area contributed by atoms with Gasteiger partial charge in [-0.05, 0) is 32.0 Å². The molecule has 0 amide bonds. The van der Waals surface area contributed by atoms with Crippen LogP contribution in [0.15, 0.2) is 18.2 Å². The molecule has 2 rings (SSSR count). The first-order valence-electron chi connectivity index (χ1n) is 5.94. The zero-order chi connectivity index (χ0) is 14.2. The Labute approximate surface area is 110 Å². The lowest BCUT2D eigenvalue weighted by molar-refractivity contribution is -0.156. The number of rotatable bonds is 2. The highest BCUT2D eigenvalue weighted by Crippen LogP contribution is 2.36. The number of carbonyl (C=O) groups excluding carboxylic acids is 2. The Kier molecular flexibility index (Phi) is 3.30. The predicted molar refractivity (Wildman–Crippen MR) is 65.6 cm³/mol. The van der Waals surface area contributed by atoms with Gasteiger partial charge in [0.15, 0.2) is 5.78 Å². The molecule has 0 spiro atoms. The molecule has 1 aromatic carbocycles. The molecule has 0 bridgehead atoms. The highest BCUT2D eigenvalue weighted by Gasteiger charge is 2.43. The average Bonchev–Trinajstić information content (AvgIpc) is 2.38. The largest absolute Gasteiger partial charge is 0.488 e. The minimum Gasteiger partial charge on any atom is -0.488 e. The number of fused-ring (bicyclic) bond motifs is 1. The van der Waals surface area contributed by atoms with Crippen LogP contribution in [-0.4, -0.2) is 25.0 Å². The van der Waals surface area contributed by atoms with Gasteiger partial charge in [0.25, 0.3) is 0 Å². The molecule has 1 atom stereocenters. The molecule has 5 heteroatoms. The van der Waals surface area contributed by atoms with E-state index >= 15 is 0 Å². The number of methoxy groups -OCH3 is 1. The lowest BCUT2D eigenvalue weighted by Crippen LogP contribution is -2.45. The third kappa shape index (κ3) is 2.32. The number of hydrogen-bond acceptors (Lipinski definition) is 4. The Bertz CT molecular complexity index is 536. The van der Waals surface area contributed by atoms with Gasteiger partial charge in [-0.15, -0.1) is 0 Å². The molecular weight excluding hydrogens is 251 g/mol. The molecule has 4 nitrogen and oxygen atoms in total. The number of ether oxygens (including phenoxy) is 2. The molecule has 0 N–H and O–H groups in total. The molecule has 1 aliphatic rings. The summed E-state index contributed by atoms with van der Waals surface area (Å²) < 4.78 is 23.5. The second kappa shape index (κ2) is 4.64. The minimum atomic E-state index is -0.948. The van der Waals surface area contributed by atoms with Gasteiger partial charge in [0, 0.05) is 6.42 Å². The van der Waals surface area contributed by atoms with Crippen molar-refractivity contribution >= 4 is 11.8 Å². The molecule has 19 heavy (non-hydrogen) atoms. The smallest absolute Gasteiger partial charge is 0.315 e. The van der Waals surface area contributed by atoms with Crippen molar-refractivity contribution in [2.45, 2.75) is 26.4 Å². The van der Waals surface area contributed by atoms with Crippen LogP contribution in [0.3, 0.4) is 0 Å².